The van der Waals surface area contributed by atoms with Gasteiger partial charge < -0.3 is 10.6 Å². The number of halogens is 1. The molecule has 3 amide bonds. The molecule has 4 rings (SSSR count). The van der Waals surface area contributed by atoms with Crippen molar-refractivity contribution in [3.8, 4) is 0 Å². The largest absolute Gasteiger partial charge is 0.325 e. The first kappa shape index (κ1) is 21.0. The smallest absolute Gasteiger partial charge is 0.258 e. The maximum absolute atomic E-state index is 13.0. The van der Waals surface area contributed by atoms with Gasteiger partial charge >= 0.3 is 0 Å². The van der Waals surface area contributed by atoms with Gasteiger partial charge in [-0.3, -0.25) is 19.3 Å². The molecule has 31 heavy (non-hydrogen) atoms. The Hall–Kier alpha value is -3.29. The third kappa shape index (κ3) is 5.07. The van der Waals surface area contributed by atoms with Crippen molar-refractivity contribution in [2.45, 2.75) is 4.90 Å². The number of nitrogens with one attached hydrogen (secondary N) is 2. The fraction of sp³-hybridized carbons (Fsp3) is 0.0870. The van der Waals surface area contributed by atoms with E-state index in [1.165, 1.54) is 16.7 Å². The van der Waals surface area contributed by atoms with E-state index in [9.17, 15) is 14.4 Å². The lowest BCUT2D eigenvalue weighted by atomic mass is 10.1. The van der Waals surface area contributed by atoms with Crippen LogP contribution in [-0.4, -0.2) is 30.0 Å². The van der Waals surface area contributed by atoms with Crippen molar-refractivity contribution in [3.63, 3.8) is 0 Å². The standard InChI is InChI=1S/C23H18ClN3O3S/c24-16-7-11-18(12-8-16)31-14-22(29)25-17-9-5-15(6-10-17)23(30)27-13-21(28)26-19-3-1-2-4-20(19)27/h1-12H,13-14H2,(H,25,29)(H,26,28). The highest BCUT2D eigenvalue weighted by Crippen LogP contribution is 2.30. The number of para-hydroxylation sites is 2. The molecule has 2 N–H and O–H groups in total. The van der Waals surface area contributed by atoms with Gasteiger partial charge in [0.15, 0.2) is 0 Å². The predicted molar refractivity (Wildman–Crippen MR) is 124 cm³/mol. The normalized spacial score (nSPS) is 12.7. The molecular weight excluding hydrogens is 434 g/mol. The number of rotatable bonds is 5. The molecule has 0 saturated heterocycles. The molecule has 1 aliphatic heterocycles. The Balaban J connectivity index is 1.39. The molecule has 0 aromatic heterocycles. The molecule has 3 aromatic carbocycles. The zero-order valence-electron chi connectivity index (χ0n) is 16.3. The van der Waals surface area contributed by atoms with Crippen LogP contribution in [0.3, 0.4) is 0 Å². The Morgan fingerprint density at radius 1 is 1.00 bits per heavy atom. The minimum absolute atomic E-state index is 0.0454. The molecular formula is C23H18ClN3O3S. The van der Waals surface area contributed by atoms with Gasteiger partial charge in [0.1, 0.15) is 6.54 Å². The summed E-state index contributed by atoms with van der Waals surface area (Å²) >= 11 is 7.27. The van der Waals surface area contributed by atoms with E-state index >= 15 is 0 Å². The van der Waals surface area contributed by atoms with Crippen LogP contribution < -0.4 is 15.5 Å². The van der Waals surface area contributed by atoms with E-state index in [0.29, 0.717) is 27.6 Å². The number of hydrogen-bond donors (Lipinski definition) is 2. The van der Waals surface area contributed by atoms with Gasteiger partial charge in [-0.15, -0.1) is 11.8 Å². The first-order chi connectivity index (χ1) is 15.0. The van der Waals surface area contributed by atoms with E-state index in [-0.39, 0.29) is 30.0 Å². The van der Waals surface area contributed by atoms with Crippen LogP contribution in [0, 0.1) is 0 Å². The van der Waals surface area contributed by atoms with Crippen molar-refractivity contribution < 1.29 is 14.4 Å². The van der Waals surface area contributed by atoms with Gasteiger partial charge in [0.25, 0.3) is 5.91 Å². The molecule has 0 saturated carbocycles. The van der Waals surface area contributed by atoms with Gasteiger partial charge in [-0.05, 0) is 60.7 Å². The molecule has 0 spiro atoms. The molecule has 0 bridgehead atoms. The number of carbonyl (C=O) groups is 3. The molecule has 0 radical (unpaired) electrons. The van der Waals surface area contributed by atoms with Crippen molar-refractivity contribution >= 4 is 58.1 Å². The molecule has 1 heterocycles. The summed E-state index contributed by atoms with van der Waals surface area (Å²) in [6.07, 6.45) is 0. The molecule has 156 valence electrons. The van der Waals surface area contributed by atoms with Crippen LogP contribution in [0.2, 0.25) is 5.02 Å². The molecule has 6 nitrogen and oxygen atoms in total. The molecule has 3 aromatic rings. The average Bonchev–Trinajstić information content (AvgIpc) is 2.78. The minimum atomic E-state index is -0.279. The van der Waals surface area contributed by atoms with Gasteiger partial charge in [-0.25, -0.2) is 0 Å². The number of thioether (sulfide) groups is 1. The number of carbonyl (C=O) groups excluding carboxylic acids is 3. The fourth-order valence-electron chi connectivity index (χ4n) is 3.14. The third-order valence-electron chi connectivity index (χ3n) is 4.61. The Kier molecular flexibility index (Phi) is 6.25. The average molecular weight is 452 g/mol. The summed E-state index contributed by atoms with van der Waals surface area (Å²) < 4.78 is 0. The summed E-state index contributed by atoms with van der Waals surface area (Å²) in [6, 6.07) is 21.1. The molecule has 0 atom stereocenters. The minimum Gasteiger partial charge on any atom is -0.325 e. The van der Waals surface area contributed by atoms with Gasteiger partial charge in [0.2, 0.25) is 11.8 Å². The van der Waals surface area contributed by atoms with E-state index in [1.54, 1.807) is 54.6 Å². The van der Waals surface area contributed by atoms with Crippen LogP contribution in [-0.2, 0) is 9.59 Å². The number of amides is 3. The summed E-state index contributed by atoms with van der Waals surface area (Å²) in [7, 11) is 0. The monoisotopic (exact) mass is 451 g/mol. The number of fused-ring (bicyclic) bond motifs is 1. The Morgan fingerprint density at radius 3 is 2.45 bits per heavy atom. The zero-order chi connectivity index (χ0) is 21.8. The van der Waals surface area contributed by atoms with Gasteiger partial charge in [0.05, 0.1) is 17.1 Å². The van der Waals surface area contributed by atoms with Gasteiger partial charge in [-0.1, -0.05) is 23.7 Å². The van der Waals surface area contributed by atoms with Crippen LogP contribution >= 0.6 is 23.4 Å². The highest BCUT2D eigenvalue weighted by Gasteiger charge is 2.27. The second-order valence-electron chi connectivity index (χ2n) is 6.82. The van der Waals surface area contributed by atoms with Crippen molar-refractivity contribution in [2.24, 2.45) is 0 Å². The van der Waals surface area contributed by atoms with Crippen LogP contribution in [0.1, 0.15) is 10.4 Å². The lowest BCUT2D eigenvalue weighted by Gasteiger charge is -2.29. The summed E-state index contributed by atoms with van der Waals surface area (Å²) in [5.41, 5.74) is 2.28. The van der Waals surface area contributed by atoms with E-state index in [1.807, 2.05) is 18.2 Å². The Morgan fingerprint density at radius 2 is 1.71 bits per heavy atom. The topological polar surface area (TPSA) is 78.5 Å². The van der Waals surface area contributed by atoms with Crippen LogP contribution in [0.4, 0.5) is 17.1 Å². The SMILES string of the molecule is O=C(CSc1ccc(Cl)cc1)Nc1ccc(C(=O)N2CC(=O)Nc3ccccc32)cc1. The third-order valence-corrected chi connectivity index (χ3v) is 5.88. The number of anilines is 3. The van der Waals surface area contributed by atoms with Crippen molar-refractivity contribution in [3.05, 3.63) is 83.4 Å². The number of nitrogens with zero attached hydrogens (tertiary/aromatic N) is 1. The number of benzene rings is 3. The van der Waals surface area contributed by atoms with Crippen molar-refractivity contribution in [1.82, 2.24) is 0 Å². The fourth-order valence-corrected chi connectivity index (χ4v) is 3.97. The maximum atomic E-state index is 13.0. The molecule has 0 fully saturated rings. The summed E-state index contributed by atoms with van der Waals surface area (Å²) in [5, 5.41) is 6.23. The van der Waals surface area contributed by atoms with Crippen LogP contribution in [0.15, 0.2) is 77.7 Å². The quantitative estimate of drug-likeness (QED) is 0.552. The van der Waals surface area contributed by atoms with E-state index in [4.69, 9.17) is 11.6 Å². The van der Waals surface area contributed by atoms with Gasteiger partial charge in [0, 0.05) is 21.2 Å². The molecule has 1 aliphatic rings. The lowest BCUT2D eigenvalue weighted by molar-refractivity contribution is -0.115. The highest BCUT2D eigenvalue weighted by molar-refractivity contribution is 8.00. The zero-order valence-corrected chi connectivity index (χ0v) is 17.9. The first-order valence-corrected chi connectivity index (χ1v) is 10.8. The number of hydrogen-bond acceptors (Lipinski definition) is 4. The molecule has 0 aliphatic carbocycles. The lowest BCUT2D eigenvalue weighted by Crippen LogP contribution is -2.42. The maximum Gasteiger partial charge on any atom is 0.258 e. The van der Waals surface area contributed by atoms with E-state index < -0.39 is 0 Å². The summed E-state index contributed by atoms with van der Waals surface area (Å²) in [6.45, 7) is -0.0454. The summed E-state index contributed by atoms with van der Waals surface area (Å²) in [5.74, 6) is -0.421. The van der Waals surface area contributed by atoms with E-state index in [2.05, 4.69) is 10.6 Å². The van der Waals surface area contributed by atoms with E-state index in [0.717, 1.165) is 4.90 Å². The first-order valence-electron chi connectivity index (χ1n) is 9.48. The second-order valence-corrected chi connectivity index (χ2v) is 8.31. The second kappa shape index (κ2) is 9.24. The van der Waals surface area contributed by atoms with Crippen molar-refractivity contribution in [1.29, 1.82) is 0 Å². The van der Waals surface area contributed by atoms with Gasteiger partial charge in [-0.2, -0.15) is 0 Å². The summed E-state index contributed by atoms with van der Waals surface area (Å²) in [4.78, 5) is 39.6. The van der Waals surface area contributed by atoms with Crippen LogP contribution in [0.5, 0.6) is 0 Å². The Bertz CT molecular complexity index is 1130. The predicted octanol–water partition coefficient (Wildman–Crippen LogP) is 4.67. The highest BCUT2D eigenvalue weighted by atomic mass is 35.5. The van der Waals surface area contributed by atoms with Crippen LogP contribution in [0.25, 0.3) is 0 Å². The van der Waals surface area contributed by atoms with Crippen molar-refractivity contribution in [2.75, 3.05) is 27.8 Å². The molecule has 8 heteroatoms. The Labute approximate surface area is 188 Å². The molecule has 0 unspecified atom stereocenters.